The van der Waals surface area contributed by atoms with Gasteiger partial charge < -0.3 is 10.5 Å². The second-order valence-corrected chi connectivity index (χ2v) is 6.24. The first kappa shape index (κ1) is 15.5. The molecule has 106 valence electrons. The van der Waals surface area contributed by atoms with E-state index in [-0.39, 0.29) is 23.3 Å². The molecule has 1 aromatic carbocycles. The molecule has 7 heteroatoms. The molecule has 19 heavy (non-hydrogen) atoms. The fraction of sp³-hybridized carbons (Fsp3) is 0.417. The van der Waals surface area contributed by atoms with Crippen molar-refractivity contribution in [1.29, 1.82) is 5.41 Å². The smallest absolute Gasteiger partial charge is 0.243 e. The van der Waals surface area contributed by atoms with Crippen molar-refractivity contribution in [3.05, 3.63) is 24.3 Å². The van der Waals surface area contributed by atoms with Crippen LogP contribution in [0.4, 0.5) is 0 Å². The lowest BCUT2D eigenvalue weighted by Crippen LogP contribution is -2.42. The summed E-state index contributed by atoms with van der Waals surface area (Å²) in [5, 5.41) is 7.28. The molecule has 0 aliphatic carbocycles. The largest absolute Gasteiger partial charge is 0.497 e. The molecule has 0 bridgehead atoms. The van der Waals surface area contributed by atoms with Crippen molar-refractivity contribution in [2.45, 2.75) is 24.8 Å². The monoisotopic (exact) mass is 285 g/mol. The Morgan fingerprint density at radius 2 is 1.89 bits per heavy atom. The fourth-order valence-corrected chi connectivity index (χ4v) is 3.21. The third kappa shape index (κ3) is 3.68. The van der Waals surface area contributed by atoms with Gasteiger partial charge in [-0.15, -0.1) is 0 Å². The Bertz CT molecular complexity index is 538. The predicted octanol–water partition coefficient (Wildman–Crippen LogP) is 1.03. The fourth-order valence-electron chi connectivity index (χ4n) is 1.60. The molecule has 1 aromatic rings. The van der Waals surface area contributed by atoms with Gasteiger partial charge in [0.25, 0.3) is 0 Å². The summed E-state index contributed by atoms with van der Waals surface area (Å²) in [5.74, 6) is 0.396. The van der Waals surface area contributed by atoms with Crippen LogP contribution in [0, 0.1) is 5.41 Å². The van der Waals surface area contributed by atoms with Crippen LogP contribution in [0.25, 0.3) is 0 Å². The number of nitrogens with zero attached hydrogens (tertiary/aromatic N) is 1. The number of hydrogen-bond acceptors (Lipinski definition) is 4. The molecule has 0 amide bonds. The number of nitrogens with two attached hydrogens (primary N) is 1. The number of rotatable bonds is 6. The average molecular weight is 285 g/mol. The van der Waals surface area contributed by atoms with Crippen LogP contribution in [-0.2, 0) is 10.0 Å². The van der Waals surface area contributed by atoms with E-state index in [9.17, 15) is 8.42 Å². The van der Waals surface area contributed by atoms with E-state index in [1.54, 1.807) is 26.0 Å². The zero-order chi connectivity index (χ0) is 14.6. The van der Waals surface area contributed by atoms with Gasteiger partial charge in [0.15, 0.2) is 0 Å². The summed E-state index contributed by atoms with van der Waals surface area (Å²) in [6, 6.07) is 5.84. The molecule has 0 atom stereocenters. The minimum Gasteiger partial charge on any atom is -0.497 e. The second-order valence-electron chi connectivity index (χ2n) is 4.34. The Balaban J connectivity index is 3.14. The van der Waals surface area contributed by atoms with Crippen molar-refractivity contribution in [2.75, 3.05) is 13.7 Å². The Hall–Kier alpha value is -1.60. The van der Waals surface area contributed by atoms with Crippen LogP contribution >= 0.6 is 0 Å². The van der Waals surface area contributed by atoms with Gasteiger partial charge in [0, 0.05) is 6.04 Å². The van der Waals surface area contributed by atoms with Crippen LogP contribution in [0.1, 0.15) is 13.8 Å². The zero-order valence-electron chi connectivity index (χ0n) is 11.3. The normalized spacial score (nSPS) is 11.8. The lowest BCUT2D eigenvalue weighted by Gasteiger charge is -2.25. The first-order valence-corrected chi connectivity index (χ1v) is 7.22. The zero-order valence-corrected chi connectivity index (χ0v) is 12.1. The van der Waals surface area contributed by atoms with Crippen molar-refractivity contribution < 1.29 is 13.2 Å². The first-order valence-electron chi connectivity index (χ1n) is 5.78. The van der Waals surface area contributed by atoms with Gasteiger partial charge in [0.1, 0.15) is 11.6 Å². The quantitative estimate of drug-likeness (QED) is 0.602. The summed E-state index contributed by atoms with van der Waals surface area (Å²) in [4.78, 5) is 0.156. The van der Waals surface area contributed by atoms with Gasteiger partial charge in [-0.1, -0.05) is 0 Å². The molecular weight excluding hydrogens is 266 g/mol. The van der Waals surface area contributed by atoms with E-state index >= 15 is 0 Å². The van der Waals surface area contributed by atoms with Gasteiger partial charge in [-0.25, -0.2) is 8.42 Å². The number of benzene rings is 1. The van der Waals surface area contributed by atoms with Crippen LogP contribution < -0.4 is 10.5 Å². The number of amidine groups is 1. The molecule has 0 aromatic heterocycles. The third-order valence-electron chi connectivity index (χ3n) is 2.57. The van der Waals surface area contributed by atoms with Gasteiger partial charge in [-0.05, 0) is 38.1 Å². The summed E-state index contributed by atoms with van der Waals surface area (Å²) in [6.07, 6.45) is 0. The molecular formula is C12H19N3O3S. The minimum absolute atomic E-state index is 0.119. The van der Waals surface area contributed by atoms with Crippen molar-refractivity contribution in [2.24, 2.45) is 5.73 Å². The molecule has 6 nitrogen and oxygen atoms in total. The van der Waals surface area contributed by atoms with E-state index in [0.29, 0.717) is 5.75 Å². The van der Waals surface area contributed by atoms with E-state index in [1.807, 2.05) is 0 Å². The van der Waals surface area contributed by atoms with Crippen LogP contribution in [0.3, 0.4) is 0 Å². The van der Waals surface area contributed by atoms with Crippen LogP contribution in [-0.4, -0.2) is 38.3 Å². The number of nitrogens with one attached hydrogen (secondary N) is 1. The molecule has 0 saturated carbocycles. The number of methoxy groups -OCH3 is 1. The van der Waals surface area contributed by atoms with Crippen molar-refractivity contribution in [3.8, 4) is 5.75 Å². The van der Waals surface area contributed by atoms with Crippen LogP contribution in [0.15, 0.2) is 29.2 Å². The Labute approximate surface area is 113 Å². The van der Waals surface area contributed by atoms with Crippen LogP contribution in [0.5, 0.6) is 5.75 Å². The summed E-state index contributed by atoms with van der Waals surface area (Å²) < 4.78 is 31.1. The molecule has 0 radical (unpaired) electrons. The molecule has 0 unspecified atom stereocenters. The molecule has 0 heterocycles. The number of ether oxygens (including phenoxy) is 1. The van der Waals surface area contributed by atoms with E-state index < -0.39 is 10.0 Å². The molecule has 0 spiro atoms. The van der Waals surface area contributed by atoms with Crippen molar-refractivity contribution in [3.63, 3.8) is 0 Å². The van der Waals surface area contributed by atoms with E-state index in [2.05, 4.69) is 0 Å². The van der Waals surface area contributed by atoms with Crippen molar-refractivity contribution in [1.82, 2.24) is 4.31 Å². The van der Waals surface area contributed by atoms with Gasteiger partial charge in [0.2, 0.25) is 10.0 Å². The Kier molecular flexibility index (Phi) is 4.90. The summed E-state index contributed by atoms with van der Waals surface area (Å²) >= 11 is 0. The molecule has 0 fully saturated rings. The maximum atomic E-state index is 12.4. The SMILES string of the molecule is COc1ccc(S(=O)(=O)N(CC(=N)N)C(C)C)cc1. The Morgan fingerprint density at radius 3 is 2.26 bits per heavy atom. The van der Waals surface area contributed by atoms with E-state index in [0.717, 1.165) is 0 Å². The second kappa shape index (κ2) is 6.03. The van der Waals surface area contributed by atoms with Gasteiger partial charge >= 0.3 is 0 Å². The highest BCUT2D eigenvalue weighted by Crippen LogP contribution is 2.20. The Morgan fingerprint density at radius 1 is 1.37 bits per heavy atom. The summed E-state index contributed by atoms with van der Waals surface area (Å²) in [6.45, 7) is 3.36. The maximum absolute atomic E-state index is 12.4. The van der Waals surface area contributed by atoms with Crippen molar-refractivity contribution >= 4 is 15.9 Å². The van der Waals surface area contributed by atoms with E-state index in [4.69, 9.17) is 15.9 Å². The van der Waals surface area contributed by atoms with Crippen LogP contribution in [0.2, 0.25) is 0 Å². The number of hydrogen-bond donors (Lipinski definition) is 2. The third-order valence-corrected chi connectivity index (χ3v) is 4.60. The van der Waals surface area contributed by atoms with Gasteiger partial charge in [0.05, 0.1) is 18.6 Å². The summed E-state index contributed by atoms with van der Waals surface area (Å²) in [7, 11) is -2.15. The highest BCUT2D eigenvalue weighted by atomic mass is 32.2. The minimum atomic E-state index is -3.66. The summed E-state index contributed by atoms with van der Waals surface area (Å²) in [5.41, 5.74) is 5.31. The predicted molar refractivity (Wildman–Crippen MR) is 73.9 cm³/mol. The van der Waals surface area contributed by atoms with E-state index in [1.165, 1.54) is 23.5 Å². The highest BCUT2D eigenvalue weighted by molar-refractivity contribution is 7.89. The first-order chi connectivity index (χ1) is 8.78. The molecule has 1 rings (SSSR count). The highest BCUT2D eigenvalue weighted by Gasteiger charge is 2.27. The molecule has 0 aliphatic heterocycles. The average Bonchev–Trinajstić information content (AvgIpc) is 2.35. The molecule has 3 N–H and O–H groups in total. The molecule has 0 saturated heterocycles. The standard InChI is InChI=1S/C12H19N3O3S/c1-9(2)15(8-12(13)14)19(16,17)11-6-4-10(18-3)5-7-11/h4-7,9H,8H2,1-3H3,(H3,13,14). The molecule has 0 aliphatic rings. The topological polar surface area (TPSA) is 96.5 Å². The lowest BCUT2D eigenvalue weighted by atomic mass is 10.3. The van der Waals surface area contributed by atoms with Gasteiger partial charge in [-0.2, -0.15) is 4.31 Å². The lowest BCUT2D eigenvalue weighted by molar-refractivity contribution is 0.388. The number of sulfonamides is 1. The maximum Gasteiger partial charge on any atom is 0.243 e. The van der Waals surface area contributed by atoms with Gasteiger partial charge in [-0.3, -0.25) is 5.41 Å².